The van der Waals surface area contributed by atoms with E-state index in [-0.39, 0.29) is 24.0 Å². The zero-order valence-electron chi connectivity index (χ0n) is 19.8. The van der Waals surface area contributed by atoms with Crippen molar-refractivity contribution in [2.45, 2.75) is 13.5 Å². The maximum atomic E-state index is 13.2. The molecule has 1 aliphatic rings. The minimum absolute atomic E-state index is 0.0173. The van der Waals surface area contributed by atoms with E-state index < -0.39 is 4.92 Å². The van der Waals surface area contributed by atoms with E-state index in [4.69, 9.17) is 9.47 Å². The monoisotopic (exact) mass is 585 g/mol. The van der Waals surface area contributed by atoms with Crippen molar-refractivity contribution in [1.29, 1.82) is 0 Å². The predicted octanol–water partition coefficient (Wildman–Crippen LogP) is 6.71. The Balaban J connectivity index is 1.58. The fourth-order valence-corrected chi connectivity index (χ4v) is 5.16. The lowest BCUT2D eigenvalue weighted by atomic mass is 10.1. The summed E-state index contributed by atoms with van der Waals surface area (Å²) in [6.07, 6.45) is 1.74. The Morgan fingerprint density at radius 2 is 1.95 bits per heavy atom. The van der Waals surface area contributed by atoms with E-state index in [1.54, 1.807) is 47.4 Å². The number of benzene rings is 3. The van der Waals surface area contributed by atoms with Gasteiger partial charge in [-0.2, -0.15) is 0 Å². The molecule has 1 aliphatic heterocycles. The van der Waals surface area contributed by atoms with Crippen molar-refractivity contribution in [3.63, 3.8) is 0 Å². The van der Waals surface area contributed by atoms with Crippen molar-refractivity contribution in [3.8, 4) is 11.5 Å². The highest BCUT2D eigenvalue weighted by atomic mass is 79.9. The van der Waals surface area contributed by atoms with Crippen LogP contribution in [0.1, 0.15) is 18.1 Å². The Morgan fingerprint density at radius 1 is 1.19 bits per heavy atom. The number of methoxy groups -OCH3 is 1. The molecular formula is C26H21BrFN3O5S. The molecule has 8 nitrogen and oxygen atoms in total. The first kappa shape index (κ1) is 26.4. The lowest BCUT2D eigenvalue weighted by Crippen LogP contribution is -2.28. The second kappa shape index (κ2) is 11.6. The summed E-state index contributed by atoms with van der Waals surface area (Å²) in [6.45, 7) is 2.38. The van der Waals surface area contributed by atoms with E-state index >= 15 is 0 Å². The number of non-ortho nitro benzene ring substituents is 1. The van der Waals surface area contributed by atoms with Crippen LogP contribution in [0, 0.1) is 15.9 Å². The fourth-order valence-electron chi connectivity index (χ4n) is 3.53. The average molecular weight is 586 g/mol. The number of hydrogen-bond acceptors (Lipinski definition) is 7. The van der Waals surface area contributed by atoms with Gasteiger partial charge >= 0.3 is 0 Å². The highest BCUT2D eigenvalue weighted by molar-refractivity contribution is 9.10. The summed E-state index contributed by atoms with van der Waals surface area (Å²) < 4.78 is 25.2. The van der Waals surface area contributed by atoms with Gasteiger partial charge in [-0.3, -0.25) is 19.8 Å². The number of nitro groups is 1. The molecule has 0 aromatic heterocycles. The van der Waals surface area contributed by atoms with Gasteiger partial charge in [-0.15, -0.1) is 0 Å². The standard InChI is InChI=1S/C26H21BrFN3O5S/c1-3-30-25(32)23(37-26(30)29-19-9-7-18(28)8-10-19)14-17-12-21(27)24(22(13-17)35-2)36-15-16-5-4-6-20(11-16)31(33)34/h4-14H,3,15H2,1-2H3/b23-14+,29-26?. The second-order valence-corrected chi connectivity index (χ2v) is 9.64. The number of rotatable bonds is 8. The number of halogens is 2. The Morgan fingerprint density at radius 3 is 2.62 bits per heavy atom. The Bertz CT molecular complexity index is 1410. The minimum Gasteiger partial charge on any atom is -0.493 e. The molecule has 0 bridgehead atoms. The highest BCUT2D eigenvalue weighted by Crippen LogP contribution is 2.40. The molecular weight excluding hydrogens is 565 g/mol. The van der Waals surface area contributed by atoms with Crippen LogP contribution < -0.4 is 9.47 Å². The number of carbonyl (C=O) groups is 1. The zero-order valence-corrected chi connectivity index (χ0v) is 22.2. The third kappa shape index (κ3) is 6.17. The van der Waals surface area contributed by atoms with Gasteiger partial charge in [0.2, 0.25) is 0 Å². The molecule has 0 N–H and O–H groups in total. The molecule has 0 spiro atoms. The van der Waals surface area contributed by atoms with Crippen LogP contribution in [-0.4, -0.2) is 34.6 Å². The summed E-state index contributed by atoms with van der Waals surface area (Å²) in [4.78, 5) is 30.1. The molecule has 4 rings (SSSR count). The summed E-state index contributed by atoms with van der Waals surface area (Å²) in [5, 5.41) is 11.5. The molecule has 0 saturated carbocycles. The number of amides is 1. The Hall–Kier alpha value is -3.70. The fraction of sp³-hybridized carbons (Fsp3) is 0.154. The number of aliphatic imine (C=N–C) groups is 1. The first-order valence-electron chi connectivity index (χ1n) is 11.1. The molecule has 0 unspecified atom stereocenters. The SMILES string of the molecule is CCN1C(=O)/C(=C\c2cc(Br)c(OCc3cccc([N+](=O)[O-])c3)c(OC)c2)SC1=Nc1ccc(F)cc1. The van der Waals surface area contributed by atoms with Crippen molar-refractivity contribution in [1.82, 2.24) is 4.90 Å². The third-order valence-electron chi connectivity index (χ3n) is 5.31. The van der Waals surface area contributed by atoms with E-state index in [0.29, 0.717) is 49.4 Å². The largest absolute Gasteiger partial charge is 0.493 e. The minimum atomic E-state index is -0.458. The molecule has 1 fully saturated rings. The molecule has 1 heterocycles. The number of hydrogen-bond donors (Lipinski definition) is 0. The third-order valence-corrected chi connectivity index (χ3v) is 6.91. The lowest BCUT2D eigenvalue weighted by Gasteiger charge is -2.14. The zero-order chi connectivity index (χ0) is 26.5. The van der Waals surface area contributed by atoms with Gasteiger partial charge in [-0.1, -0.05) is 12.1 Å². The summed E-state index contributed by atoms with van der Waals surface area (Å²) in [5.74, 6) is 0.309. The van der Waals surface area contributed by atoms with Gasteiger partial charge in [-0.05, 0) is 88.2 Å². The van der Waals surface area contributed by atoms with Crippen LogP contribution in [0.4, 0.5) is 15.8 Å². The van der Waals surface area contributed by atoms with Crippen molar-refractivity contribution < 1.29 is 23.6 Å². The number of ether oxygens (including phenoxy) is 2. The van der Waals surface area contributed by atoms with E-state index in [2.05, 4.69) is 20.9 Å². The van der Waals surface area contributed by atoms with Gasteiger partial charge in [0, 0.05) is 18.7 Å². The molecule has 11 heteroatoms. The molecule has 37 heavy (non-hydrogen) atoms. The quantitative estimate of drug-likeness (QED) is 0.166. The van der Waals surface area contributed by atoms with Gasteiger partial charge in [-0.25, -0.2) is 9.38 Å². The first-order chi connectivity index (χ1) is 17.8. The number of carbonyl (C=O) groups excluding carboxylic acids is 1. The molecule has 0 radical (unpaired) electrons. The number of nitro benzene ring substituents is 1. The van der Waals surface area contributed by atoms with Crippen LogP contribution in [-0.2, 0) is 11.4 Å². The van der Waals surface area contributed by atoms with Crippen molar-refractivity contribution >= 4 is 56.2 Å². The molecule has 3 aromatic rings. The van der Waals surface area contributed by atoms with E-state index in [1.165, 1.54) is 43.1 Å². The Kier molecular flexibility index (Phi) is 8.24. The normalized spacial score (nSPS) is 15.5. The van der Waals surface area contributed by atoms with Gasteiger partial charge in [0.15, 0.2) is 16.7 Å². The van der Waals surface area contributed by atoms with Crippen molar-refractivity contribution in [2.75, 3.05) is 13.7 Å². The van der Waals surface area contributed by atoms with Gasteiger partial charge in [0.1, 0.15) is 12.4 Å². The number of likely N-dealkylation sites (N-methyl/N-ethyl adjacent to an activating group) is 1. The number of nitrogens with zero attached hydrogens (tertiary/aromatic N) is 3. The van der Waals surface area contributed by atoms with Crippen LogP contribution in [0.5, 0.6) is 11.5 Å². The van der Waals surface area contributed by atoms with Gasteiger partial charge < -0.3 is 9.47 Å². The summed E-state index contributed by atoms with van der Waals surface area (Å²) >= 11 is 4.73. The van der Waals surface area contributed by atoms with E-state index in [1.807, 2.05) is 6.92 Å². The summed E-state index contributed by atoms with van der Waals surface area (Å²) in [5.41, 5.74) is 1.86. The van der Waals surface area contributed by atoms with Crippen LogP contribution >= 0.6 is 27.7 Å². The molecule has 0 atom stereocenters. The highest BCUT2D eigenvalue weighted by Gasteiger charge is 2.32. The topological polar surface area (TPSA) is 94.3 Å². The van der Waals surface area contributed by atoms with Crippen LogP contribution in [0.2, 0.25) is 0 Å². The predicted molar refractivity (Wildman–Crippen MR) is 145 cm³/mol. The second-order valence-electron chi connectivity index (χ2n) is 7.78. The molecule has 0 aliphatic carbocycles. The van der Waals surface area contributed by atoms with Crippen LogP contribution in [0.3, 0.4) is 0 Å². The maximum Gasteiger partial charge on any atom is 0.269 e. The van der Waals surface area contributed by atoms with E-state index in [0.717, 1.165) is 0 Å². The van der Waals surface area contributed by atoms with Gasteiger partial charge in [0.05, 0.1) is 27.1 Å². The molecule has 1 saturated heterocycles. The summed E-state index contributed by atoms with van der Waals surface area (Å²) in [6, 6.07) is 15.5. The molecule has 190 valence electrons. The van der Waals surface area contributed by atoms with E-state index in [9.17, 15) is 19.3 Å². The number of amidine groups is 1. The maximum absolute atomic E-state index is 13.2. The number of thioether (sulfide) groups is 1. The van der Waals surface area contributed by atoms with Crippen molar-refractivity contribution in [2.24, 2.45) is 4.99 Å². The smallest absolute Gasteiger partial charge is 0.269 e. The van der Waals surface area contributed by atoms with Crippen molar-refractivity contribution in [3.05, 3.63) is 97.1 Å². The summed E-state index contributed by atoms with van der Waals surface area (Å²) in [7, 11) is 1.50. The Labute approximate surface area is 225 Å². The van der Waals surface area contributed by atoms with Crippen LogP contribution in [0.15, 0.2) is 75.0 Å². The average Bonchev–Trinajstić information content (AvgIpc) is 3.17. The lowest BCUT2D eigenvalue weighted by molar-refractivity contribution is -0.384. The van der Waals surface area contributed by atoms with Gasteiger partial charge in [0.25, 0.3) is 11.6 Å². The molecule has 3 aromatic carbocycles. The van der Waals surface area contributed by atoms with Crippen LogP contribution in [0.25, 0.3) is 6.08 Å². The molecule has 1 amide bonds. The first-order valence-corrected chi connectivity index (χ1v) is 12.7.